The molecular formula is C17H21N3O2. The number of likely N-dealkylation sites (tertiary alicyclic amines) is 1. The topological polar surface area (TPSA) is 73.2 Å². The summed E-state index contributed by atoms with van der Waals surface area (Å²) < 4.78 is 0. The molecule has 2 rings (SSSR count). The zero-order valence-electron chi connectivity index (χ0n) is 12.8. The van der Waals surface area contributed by atoms with Crippen molar-refractivity contribution >= 4 is 11.8 Å². The van der Waals surface area contributed by atoms with Crippen LogP contribution in [0.3, 0.4) is 0 Å². The SMILES string of the molecule is C[C@H](C#N)CNC(=O)[C@@H]1CCCN1C(=O)Cc1ccccc1. The number of carbonyl (C=O) groups is 2. The van der Waals surface area contributed by atoms with Gasteiger partial charge in [0.2, 0.25) is 11.8 Å². The molecule has 0 saturated carbocycles. The highest BCUT2D eigenvalue weighted by Gasteiger charge is 2.33. The molecule has 1 aromatic rings. The van der Waals surface area contributed by atoms with E-state index in [1.807, 2.05) is 30.3 Å². The largest absolute Gasteiger partial charge is 0.353 e. The molecule has 2 amide bonds. The molecule has 1 fully saturated rings. The maximum atomic E-state index is 12.4. The van der Waals surface area contributed by atoms with Gasteiger partial charge in [-0.05, 0) is 25.3 Å². The molecule has 5 nitrogen and oxygen atoms in total. The summed E-state index contributed by atoms with van der Waals surface area (Å²) in [5, 5.41) is 11.5. The van der Waals surface area contributed by atoms with E-state index in [0.717, 1.165) is 12.0 Å². The monoisotopic (exact) mass is 299 g/mol. The van der Waals surface area contributed by atoms with Gasteiger partial charge >= 0.3 is 0 Å². The van der Waals surface area contributed by atoms with Crippen molar-refractivity contribution in [1.29, 1.82) is 5.26 Å². The van der Waals surface area contributed by atoms with Crippen molar-refractivity contribution in [2.75, 3.05) is 13.1 Å². The molecule has 22 heavy (non-hydrogen) atoms. The van der Waals surface area contributed by atoms with Crippen LogP contribution < -0.4 is 5.32 Å². The van der Waals surface area contributed by atoms with Crippen molar-refractivity contribution in [3.05, 3.63) is 35.9 Å². The lowest BCUT2D eigenvalue weighted by Crippen LogP contribution is -2.47. The Balaban J connectivity index is 1.93. The smallest absolute Gasteiger partial charge is 0.242 e. The molecule has 0 aromatic heterocycles. The maximum absolute atomic E-state index is 12.4. The fraction of sp³-hybridized carbons (Fsp3) is 0.471. The number of carbonyl (C=O) groups excluding carboxylic acids is 2. The second kappa shape index (κ2) is 7.60. The third-order valence-electron chi connectivity index (χ3n) is 3.88. The van der Waals surface area contributed by atoms with E-state index in [9.17, 15) is 9.59 Å². The summed E-state index contributed by atoms with van der Waals surface area (Å²) in [5.74, 6) is -0.392. The lowest BCUT2D eigenvalue weighted by atomic mass is 10.1. The van der Waals surface area contributed by atoms with Gasteiger partial charge in [0.15, 0.2) is 0 Å². The molecule has 1 aromatic carbocycles. The van der Waals surface area contributed by atoms with E-state index >= 15 is 0 Å². The lowest BCUT2D eigenvalue weighted by molar-refractivity contribution is -0.138. The highest BCUT2D eigenvalue weighted by atomic mass is 16.2. The number of nitrogens with one attached hydrogen (secondary N) is 1. The van der Waals surface area contributed by atoms with Crippen LogP contribution in [0, 0.1) is 17.2 Å². The van der Waals surface area contributed by atoms with Crippen molar-refractivity contribution in [2.45, 2.75) is 32.2 Å². The first-order valence-corrected chi connectivity index (χ1v) is 7.62. The summed E-state index contributed by atoms with van der Waals surface area (Å²) in [6.45, 7) is 2.71. The van der Waals surface area contributed by atoms with Gasteiger partial charge in [0, 0.05) is 13.1 Å². The molecule has 1 aliphatic rings. The number of hydrogen-bond acceptors (Lipinski definition) is 3. The van der Waals surface area contributed by atoms with Crippen LogP contribution in [0.25, 0.3) is 0 Å². The second-order valence-corrected chi connectivity index (χ2v) is 5.68. The van der Waals surface area contributed by atoms with Crippen LogP contribution in [0.15, 0.2) is 30.3 Å². The third kappa shape index (κ3) is 4.08. The molecule has 0 bridgehead atoms. The van der Waals surface area contributed by atoms with Crippen molar-refractivity contribution in [3.63, 3.8) is 0 Å². The Bertz CT molecular complexity index is 565. The van der Waals surface area contributed by atoms with Gasteiger partial charge in [-0.15, -0.1) is 0 Å². The summed E-state index contributed by atoms with van der Waals surface area (Å²) in [7, 11) is 0. The maximum Gasteiger partial charge on any atom is 0.242 e. The van der Waals surface area contributed by atoms with Gasteiger partial charge in [0.1, 0.15) is 6.04 Å². The number of amides is 2. The highest BCUT2D eigenvalue weighted by Crippen LogP contribution is 2.19. The summed E-state index contributed by atoms with van der Waals surface area (Å²) in [5.41, 5.74) is 0.955. The third-order valence-corrected chi connectivity index (χ3v) is 3.88. The van der Waals surface area contributed by atoms with Crippen molar-refractivity contribution in [2.24, 2.45) is 5.92 Å². The first kappa shape index (κ1) is 16.0. The van der Waals surface area contributed by atoms with Gasteiger partial charge in [-0.1, -0.05) is 30.3 Å². The molecule has 0 aliphatic carbocycles. The average Bonchev–Trinajstić information content (AvgIpc) is 3.03. The summed E-state index contributed by atoms with van der Waals surface area (Å²) in [6, 6.07) is 11.2. The minimum Gasteiger partial charge on any atom is -0.353 e. The number of benzene rings is 1. The Morgan fingerprint density at radius 3 is 2.82 bits per heavy atom. The van der Waals surface area contributed by atoms with Gasteiger partial charge in [-0.25, -0.2) is 0 Å². The first-order chi connectivity index (χ1) is 10.6. The van der Waals surface area contributed by atoms with Crippen LogP contribution >= 0.6 is 0 Å². The molecule has 2 atom stereocenters. The van der Waals surface area contributed by atoms with Crippen LogP contribution in [0.2, 0.25) is 0 Å². The number of nitrogens with zero attached hydrogens (tertiary/aromatic N) is 2. The van der Waals surface area contributed by atoms with E-state index in [4.69, 9.17) is 5.26 Å². The van der Waals surface area contributed by atoms with Crippen molar-refractivity contribution < 1.29 is 9.59 Å². The van der Waals surface area contributed by atoms with Gasteiger partial charge in [-0.2, -0.15) is 5.26 Å². The van der Waals surface area contributed by atoms with E-state index < -0.39 is 6.04 Å². The normalized spacial score (nSPS) is 18.5. The Hall–Kier alpha value is -2.35. The van der Waals surface area contributed by atoms with Crippen LogP contribution in [-0.4, -0.2) is 35.8 Å². The lowest BCUT2D eigenvalue weighted by Gasteiger charge is -2.24. The van der Waals surface area contributed by atoms with Gasteiger partial charge in [0.25, 0.3) is 0 Å². The molecule has 1 heterocycles. The number of hydrogen-bond donors (Lipinski definition) is 1. The molecule has 0 spiro atoms. The summed E-state index contributed by atoms with van der Waals surface area (Å²) in [4.78, 5) is 26.3. The zero-order valence-corrected chi connectivity index (χ0v) is 12.8. The fourth-order valence-corrected chi connectivity index (χ4v) is 2.63. The molecular weight excluding hydrogens is 278 g/mol. The Morgan fingerprint density at radius 1 is 1.41 bits per heavy atom. The predicted octanol–water partition coefficient (Wildman–Crippen LogP) is 1.50. The van der Waals surface area contributed by atoms with E-state index in [0.29, 0.717) is 25.9 Å². The second-order valence-electron chi connectivity index (χ2n) is 5.68. The first-order valence-electron chi connectivity index (χ1n) is 7.62. The van der Waals surface area contributed by atoms with E-state index in [1.165, 1.54) is 0 Å². The standard InChI is InChI=1S/C17H21N3O2/c1-13(11-18)12-19-17(22)15-8-5-9-20(15)16(21)10-14-6-3-2-4-7-14/h2-4,6-7,13,15H,5,8-10,12H2,1H3,(H,19,22)/t13-,15+/m1/s1. The summed E-state index contributed by atoms with van der Waals surface area (Å²) in [6.07, 6.45) is 1.85. The van der Waals surface area contributed by atoms with E-state index in [1.54, 1.807) is 11.8 Å². The molecule has 5 heteroatoms. The van der Waals surface area contributed by atoms with Crippen LogP contribution in [0.1, 0.15) is 25.3 Å². The zero-order chi connectivity index (χ0) is 15.9. The van der Waals surface area contributed by atoms with E-state index in [2.05, 4.69) is 11.4 Å². The molecule has 1 N–H and O–H groups in total. The summed E-state index contributed by atoms with van der Waals surface area (Å²) >= 11 is 0. The van der Waals surface area contributed by atoms with Crippen LogP contribution in [0.4, 0.5) is 0 Å². The molecule has 1 aliphatic heterocycles. The van der Waals surface area contributed by atoms with Gasteiger partial charge in [0.05, 0.1) is 18.4 Å². The quantitative estimate of drug-likeness (QED) is 0.895. The van der Waals surface area contributed by atoms with Crippen LogP contribution in [-0.2, 0) is 16.0 Å². The van der Waals surface area contributed by atoms with Crippen molar-refractivity contribution in [1.82, 2.24) is 10.2 Å². The Morgan fingerprint density at radius 2 is 2.14 bits per heavy atom. The Kier molecular flexibility index (Phi) is 5.54. The molecule has 1 saturated heterocycles. The van der Waals surface area contributed by atoms with Crippen molar-refractivity contribution in [3.8, 4) is 6.07 Å². The Labute approximate surface area is 130 Å². The van der Waals surface area contributed by atoms with Crippen LogP contribution in [0.5, 0.6) is 0 Å². The van der Waals surface area contributed by atoms with E-state index in [-0.39, 0.29) is 17.7 Å². The van der Waals surface area contributed by atoms with Gasteiger partial charge in [-0.3, -0.25) is 9.59 Å². The molecule has 116 valence electrons. The van der Waals surface area contributed by atoms with Gasteiger partial charge < -0.3 is 10.2 Å². The predicted molar refractivity (Wildman–Crippen MR) is 82.7 cm³/mol. The molecule has 0 unspecified atom stereocenters. The minimum atomic E-state index is -0.401. The minimum absolute atomic E-state index is 0.0165. The number of rotatable bonds is 5. The number of nitriles is 1. The highest BCUT2D eigenvalue weighted by molar-refractivity contribution is 5.89. The molecule has 0 radical (unpaired) electrons. The average molecular weight is 299 g/mol. The fourth-order valence-electron chi connectivity index (χ4n) is 2.63.